The van der Waals surface area contributed by atoms with Gasteiger partial charge in [-0.25, -0.2) is 0 Å². The molecule has 0 amide bonds. The summed E-state index contributed by atoms with van der Waals surface area (Å²) in [6.45, 7) is 0. The minimum atomic E-state index is 0.246. The number of rotatable bonds is 2. The van der Waals surface area contributed by atoms with E-state index in [0.717, 1.165) is 33.5 Å². The molecular formula is C19H20N4S. The largest absolute Gasteiger partial charge is 0.235 e. The molecule has 0 aliphatic heterocycles. The maximum atomic E-state index is 4.91. The number of fused-ring (bicyclic) bond motifs is 1. The van der Waals surface area contributed by atoms with E-state index in [2.05, 4.69) is 39.0 Å². The van der Waals surface area contributed by atoms with Crippen LogP contribution in [0.25, 0.3) is 15.5 Å². The van der Waals surface area contributed by atoms with Gasteiger partial charge in [-0.3, -0.25) is 0 Å². The molecule has 1 aromatic carbocycles. The maximum absolute atomic E-state index is 4.91. The number of hydrogen-bond acceptors (Lipinski definition) is 4. The topological polar surface area (TPSA) is 43.1 Å². The molecule has 0 radical (unpaired) electrons. The first kappa shape index (κ1) is 13.5. The SMILES string of the molecule is c1ccc(-c2nn3c(C45CC6CC(CC(C6)C4)C5)nnc3s2)cc1. The summed E-state index contributed by atoms with van der Waals surface area (Å²) in [5.41, 5.74) is 1.42. The summed E-state index contributed by atoms with van der Waals surface area (Å²) in [6.07, 6.45) is 8.27. The van der Waals surface area contributed by atoms with Crippen molar-refractivity contribution in [2.75, 3.05) is 0 Å². The summed E-state index contributed by atoms with van der Waals surface area (Å²) >= 11 is 1.65. The molecule has 4 aliphatic rings. The highest BCUT2D eigenvalue weighted by atomic mass is 32.1. The van der Waals surface area contributed by atoms with Gasteiger partial charge in [-0.1, -0.05) is 41.7 Å². The highest BCUT2D eigenvalue weighted by Gasteiger charge is 2.54. The molecule has 24 heavy (non-hydrogen) atoms. The van der Waals surface area contributed by atoms with E-state index in [9.17, 15) is 0 Å². The van der Waals surface area contributed by atoms with Crippen LogP contribution in [0.3, 0.4) is 0 Å². The number of hydrogen-bond donors (Lipinski definition) is 0. The van der Waals surface area contributed by atoms with E-state index >= 15 is 0 Å². The monoisotopic (exact) mass is 336 g/mol. The van der Waals surface area contributed by atoms with Crippen LogP contribution in [-0.4, -0.2) is 19.8 Å². The lowest BCUT2D eigenvalue weighted by Crippen LogP contribution is -2.49. The number of aromatic nitrogens is 4. The fourth-order valence-corrected chi connectivity index (χ4v) is 6.87. The Hall–Kier alpha value is -1.75. The first-order valence-corrected chi connectivity index (χ1v) is 9.89. The molecule has 4 saturated carbocycles. The highest BCUT2D eigenvalue weighted by molar-refractivity contribution is 7.19. The number of benzene rings is 1. The molecule has 5 heteroatoms. The Morgan fingerprint density at radius 1 is 0.917 bits per heavy atom. The second-order valence-electron chi connectivity index (χ2n) is 8.19. The Morgan fingerprint density at radius 2 is 1.58 bits per heavy atom. The van der Waals surface area contributed by atoms with Crippen molar-refractivity contribution in [1.29, 1.82) is 0 Å². The summed E-state index contributed by atoms with van der Waals surface area (Å²) in [7, 11) is 0. The van der Waals surface area contributed by atoms with E-state index in [0.29, 0.717) is 0 Å². The highest BCUT2D eigenvalue weighted by Crippen LogP contribution is 2.60. The lowest BCUT2D eigenvalue weighted by atomic mass is 9.49. The van der Waals surface area contributed by atoms with Crippen molar-refractivity contribution in [3.05, 3.63) is 36.2 Å². The number of nitrogens with zero attached hydrogens (tertiary/aromatic N) is 4. The average Bonchev–Trinajstić information content (AvgIpc) is 3.14. The standard InChI is InChI=1S/C19H20N4S/c1-2-4-15(5-3-1)16-22-23-17(20-21-18(23)24-16)19-9-12-6-13(10-19)8-14(7-12)11-19/h1-5,12-14H,6-11H2. The van der Waals surface area contributed by atoms with Gasteiger partial charge in [-0.05, 0) is 56.3 Å². The zero-order valence-corrected chi connectivity index (χ0v) is 14.4. The van der Waals surface area contributed by atoms with Gasteiger partial charge in [0.2, 0.25) is 4.96 Å². The molecular weight excluding hydrogens is 316 g/mol. The Bertz CT molecular complexity index is 875. The van der Waals surface area contributed by atoms with Gasteiger partial charge in [0.05, 0.1) is 0 Å². The van der Waals surface area contributed by atoms with Crippen LogP contribution in [0.2, 0.25) is 0 Å². The van der Waals surface area contributed by atoms with Crippen LogP contribution in [0.4, 0.5) is 0 Å². The van der Waals surface area contributed by atoms with Crippen molar-refractivity contribution >= 4 is 16.3 Å². The summed E-state index contributed by atoms with van der Waals surface area (Å²) in [6, 6.07) is 10.4. The minimum Gasteiger partial charge on any atom is -0.186 e. The fraction of sp³-hybridized carbons (Fsp3) is 0.526. The molecule has 0 unspecified atom stereocenters. The average molecular weight is 336 g/mol. The van der Waals surface area contributed by atoms with Gasteiger partial charge in [-0.15, -0.1) is 10.2 Å². The lowest BCUT2D eigenvalue weighted by Gasteiger charge is -2.55. The molecule has 4 bridgehead atoms. The molecule has 0 spiro atoms. The van der Waals surface area contributed by atoms with Gasteiger partial charge in [0.1, 0.15) is 5.01 Å². The maximum Gasteiger partial charge on any atom is 0.235 e. The zero-order chi connectivity index (χ0) is 15.7. The van der Waals surface area contributed by atoms with Crippen LogP contribution in [0.15, 0.2) is 30.3 Å². The Morgan fingerprint density at radius 3 is 2.25 bits per heavy atom. The van der Waals surface area contributed by atoms with Gasteiger partial charge in [0.25, 0.3) is 0 Å². The van der Waals surface area contributed by atoms with E-state index in [4.69, 9.17) is 5.10 Å². The minimum absolute atomic E-state index is 0.246. The van der Waals surface area contributed by atoms with Crippen LogP contribution >= 0.6 is 11.3 Å². The predicted molar refractivity (Wildman–Crippen MR) is 93.9 cm³/mol. The third-order valence-corrected chi connectivity index (χ3v) is 7.47. The van der Waals surface area contributed by atoms with Gasteiger partial charge in [0.15, 0.2) is 5.82 Å². The summed E-state index contributed by atoms with van der Waals surface area (Å²) in [4.78, 5) is 0.944. The first-order chi connectivity index (χ1) is 11.8. The molecule has 0 N–H and O–H groups in total. The second-order valence-corrected chi connectivity index (χ2v) is 9.15. The van der Waals surface area contributed by atoms with Crippen LogP contribution in [0, 0.1) is 17.8 Å². The zero-order valence-electron chi connectivity index (χ0n) is 13.6. The first-order valence-electron chi connectivity index (χ1n) is 9.07. The van der Waals surface area contributed by atoms with E-state index in [1.165, 1.54) is 44.1 Å². The molecule has 3 aromatic rings. The normalized spacial score (nSPS) is 34.2. The van der Waals surface area contributed by atoms with Crippen molar-refractivity contribution < 1.29 is 0 Å². The predicted octanol–water partition coefficient (Wildman–Crippen LogP) is 4.32. The fourth-order valence-electron chi connectivity index (χ4n) is 6.03. The van der Waals surface area contributed by atoms with Crippen molar-refractivity contribution in [2.45, 2.75) is 43.9 Å². The molecule has 2 heterocycles. The van der Waals surface area contributed by atoms with E-state index in [1.807, 2.05) is 6.07 Å². The Labute approximate surface area is 144 Å². The second kappa shape index (κ2) is 4.66. The third kappa shape index (κ3) is 1.82. The third-order valence-electron chi connectivity index (χ3n) is 6.52. The van der Waals surface area contributed by atoms with E-state index in [1.54, 1.807) is 11.3 Å². The van der Waals surface area contributed by atoms with Crippen LogP contribution in [-0.2, 0) is 5.41 Å². The van der Waals surface area contributed by atoms with Crippen molar-refractivity contribution in [3.63, 3.8) is 0 Å². The molecule has 4 aliphatic carbocycles. The molecule has 7 rings (SSSR count). The molecule has 4 nitrogen and oxygen atoms in total. The molecule has 4 fully saturated rings. The molecule has 0 atom stereocenters. The van der Waals surface area contributed by atoms with Gasteiger partial charge in [-0.2, -0.15) is 9.61 Å². The molecule has 122 valence electrons. The van der Waals surface area contributed by atoms with E-state index in [-0.39, 0.29) is 5.41 Å². The summed E-state index contributed by atoms with van der Waals surface area (Å²) < 4.78 is 2.07. The van der Waals surface area contributed by atoms with Crippen molar-refractivity contribution in [3.8, 4) is 10.6 Å². The lowest BCUT2D eigenvalue weighted by molar-refractivity contribution is -0.0103. The van der Waals surface area contributed by atoms with E-state index < -0.39 is 0 Å². The van der Waals surface area contributed by atoms with Crippen LogP contribution in [0.5, 0.6) is 0 Å². The summed E-state index contributed by atoms with van der Waals surface area (Å²) in [5.74, 6) is 3.89. The summed E-state index contributed by atoms with van der Waals surface area (Å²) in [5, 5.41) is 15.1. The molecule has 0 saturated heterocycles. The van der Waals surface area contributed by atoms with Crippen LogP contribution in [0.1, 0.15) is 44.3 Å². The van der Waals surface area contributed by atoms with Gasteiger partial charge < -0.3 is 0 Å². The van der Waals surface area contributed by atoms with Gasteiger partial charge >= 0.3 is 0 Å². The van der Waals surface area contributed by atoms with Crippen LogP contribution < -0.4 is 0 Å². The van der Waals surface area contributed by atoms with Crippen molar-refractivity contribution in [2.24, 2.45) is 17.8 Å². The van der Waals surface area contributed by atoms with Crippen molar-refractivity contribution in [1.82, 2.24) is 19.8 Å². The Balaban J connectivity index is 1.48. The quantitative estimate of drug-likeness (QED) is 0.700. The Kier molecular flexibility index (Phi) is 2.63. The van der Waals surface area contributed by atoms with Gasteiger partial charge in [0, 0.05) is 11.0 Å². The molecule has 2 aromatic heterocycles. The smallest absolute Gasteiger partial charge is 0.186 e.